The predicted molar refractivity (Wildman–Crippen MR) is 167 cm³/mol. The number of hydrogen-bond donors (Lipinski definition) is 1. The minimum atomic E-state index is -0.398. The van der Waals surface area contributed by atoms with Crippen LogP contribution in [0.15, 0.2) is 124 Å². The number of nitrogens with one attached hydrogen (secondary N) is 1. The van der Waals surface area contributed by atoms with Crippen molar-refractivity contribution in [1.29, 1.82) is 0 Å². The van der Waals surface area contributed by atoms with Crippen LogP contribution in [0.1, 0.15) is 29.2 Å². The van der Waals surface area contributed by atoms with Crippen LogP contribution in [0.4, 0.5) is 0 Å². The van der Waals surface area contributed by atoms with Gasteiger partial charge in [-0.1, -0.05) is 88.7 Å². The second-order valence-electron chi connectivity index (χ2n) is 9.73. The topological polar surface area (TPSA) is 74.8 Å². The summed E-state index contributed by atoms with van der Waals surface area (Å²) in [5.41, 5.74) is 4.98. The van der Waals surface area contributed by atoms with E-state index in [2.05, 4.69) is 20.9 Å². The Balaban J connectivity index is 1.50. The number of halogens is 1. The molecule has 1 aliphatic rings. The number of rotatable bonds is 6. The van der Waals surface area contributed by atoms with Gasteiger partial charge in [0.05, 0.1) is 24.4 Å². The molecule has 1 aromatic heterocycles. The van der Waals surface area contributed by atoms with Gasteiger partial charge >= 0.3 is 0 Å². The number of methoxy groups -OCH3 is 1. The largest absolute Gasteiger partial charge is 0.497 e. The van der Waals surface area contributed by atoms with E-state index in [-0.39, 0.29) is 11.5 Å². The highest BCUT2D eigenvalue weighted by Gasteiger charge is 2.34. The molecule has 2 heterocycles. The summed E-state index contributed by atoms with van der Waals surface area (Å²) >= 11 is 3.59. The first-order valence-corrected chi connectivity index (χ1v) is 14.0. The van der Waals surface area contributed by atoms with Crippen molar-refractivity contribution < 1.29 is 9.53 Å². The Hall–Kier alpha value is -4.75. The number of pyridine rings is 1. The fraction of sp³-hybridized carbons (Fsp3) is 0.0882. The molecule has 0 unspecified atom stereocenters. The van der Waals surface area contributed by atoms with Gasteiger partial charge in [0.15, 0.2) is 0 Å². The van der Waals surface area contributed by atoms with Gasteiger partial charge in [-0.3, -0.25) is 9.59 Å². The number of aromatic nitrogens is 1. The third-order valence-electron chi connectivity index (χ3n) is 7.18. The third kappa shape index (κ3) is 5.36. The van der Waals surface area contributed by atoms with Crippen molar-refractivity contribution in [2.45, 2.75) is 12.5 Å². The second kappa shape index (κ2) is 11.4. The minimum Gasteiger partial charge on any atom is -0.497 e. The van der Waals surface area contributed by atoms with Crippen molar-refractivity contribution in [1.82, 2.24) is 9.99 Å². The van der Waals surface area contributed by atoms with Crippen LogP contribution in [-0.2, 0) is 4.79 Å². The number of benzene rings is 4. The number of aromatic amines is 1. The van der Waals surface area contributed by atoms with Crippen molar-refractivity contribution in [3.05, 3.63) is 141 Å². The van der Waals surface area contributed by atoms with E-state index in [0.29, 0.717) is 17.7 Å². The number of nitrogens with zero attached hydrogens (tertiary/aromatic N) is 2. The maximum atomic E-state index is 13.7. The van der Waals surface area contributed by atoms with Crippen molar-refractivity contribution in [3.63, 3.8) is 0 Å². The van der Waals surface area contributed by atoms with Crippen molar-refractivity contribution >= 4 is 44.5 Å². The molecule has 0 saturated heterocycles. The molecule has 6 nitrogen and oxygen atoms in total. The standard InChI is InChI=1S/C34H26BrN3O3/c1-41-26-16-13-23(14-17-26)30-21-29(37-38(30)31(39)19-12-22-8-4-2-5-9-22)33-32(24-10-6-3-7-11-24)27-20-25(35)15-18-28(27)36-34(33)40/h2-20,30H,21H2,1H3,(H,36,40)/b19-12+/t30-/m1/s1. The lowest BCUT2D eigenvalue weighted by Gasteiger charge is -2.21. The van der Waals surface area contributed by atoms with E-state index in [1.54, 1.807) is 13.2 Å². The Bertz CT molecular complexity index is 1850. The molecule has 1 atom stereocenters. The number of amides is 1. The van der Waals surface area contributed by atoms with Gasteiger partial charge in [0.25, 0.3) is 11.5 Å². The molecule has 5 aromatic rings. The molecule has 1 N–H and O–H groups in total. The highest BCUT2D eigenvalue weighted by Crippen LogP contribution is 2.38. The van der Waals surface area contributed by atoms with Gasteiger partial charge in [-0.05, 0) is 53.1 Å². The quantitative estimate of drug-likeness (QED) is 0.206. The van der Waals surface area contributed by atoms with Crippen LogP contribution in [0, 0.1) is 0 Å². The highest BCUT2D eigenvalue weighted by atomic mass is 79.9. The molecule has 41 heavy (non-hydrogen) atoms. The van der Waals surface area contributed by atoms with Gasteiger partial charge in [-0.15, -0.1) is 0 Å². The summed E-state index contributed by atoms with van der Waals surface area (Å²) in [6.07, 6.45) is 3.68. The summed E-state index contributed by atoms with van der Waals surface area (Å²) in [6.45, 7) is 0. The molecule has 1 amide bonds. The van der Waals surface area contributed by atoms with Gasteiger partial charge in [-0.25, -0.2) is 5.01 Å². The molecule has 0 radical (unpaired) electrons. The van der Waals surface area contributed by atoms with Gasteiger partial charge in [0, 0.05) is 33.4 Å². The summed E-state index contributed by atoms with van der Waals surface area (Å²) < 4.78 is 6.24. The number of carbonyl (C=O) groups is 1. The lowest BCUT2D eigenvalue weighted by molar-refractivity contribution is -0.127. The predicted octanol–water partition coefficient (Wildman–Crippen LogP) is 7.36. The SMILES string of the molecule is COc1ccc([C@H]2CC(c3c(-c4ccccc4)c4cc(Br)ccc4[nH]c3=O)=NN2C(=O)/C=C/c2ccccc2)cc1. The lowest BCUT2D eigenvalue weighted by Crippen LogP contribution is -2.25. The summed E-state index contributed by atoms with van der Waals surface area (Å²) in [7, 11) is 1.62. The lowest BCUT2D eigenvalue weighted by atomic mass is 9.91. The first kappa shape index (κ1) is 26.5. The Kier molecular flexibility index (Phi) is 7.35. The summed E-state index contributed by atoms with van der Waals surface area (Å²) in [5.74, 6) is 0.448. The van der Waals surface area contributed by atoms with Crippen LogP contribution < -0.4 is 10.3 Å². The van der Waals surface area contributed by atoms with Gasteiger partial charge in [0.2, 0.25) is 0 Å². The zero-order chi connectivity index (χ0) is 28.3. The van der Waals surface area contributed by atoms with E-state index < -0.39 is 6.04 Å². The number of fused-ring (bicyclic) bond motifs is 1. The molecule has 0 fully saturated rings. The van der Waals surface area contributed by atoms with Crippen molar-refractivity contribution in [3.8, 4) is 16.9 Å². The maximum absolute atomic E-state index is 13.7. The van der Waals surface area contributed by atoms with Crippen LogP contribution in [0.2, 0.25) is 0 Å². The Morgan fingerprint density at radius 1 is 0.951 bits per heavy atom. The van der Waals surface area contributed by atoms with Crippen LogP contribution >= 0.6 is 15.9 Å². The molecule has 4 aromatic carbocycles. The molecule has 0 saturated carbocycles. The second-order valence-corrected chi connectivity index (χ2v) is 10.6. The molecular weight excluding hydrogens is 578 g/mol. The minimum absolute atomic E-state index is 0.250. The van der Waals surface area contributed by atoms with Crippen LogP contribution in [0.5, 0.6) is 5.75 Å². The number of H-pyrrole nitrogens is 1. The first-order valence-electron chi connectivity index (χ1n) is 13.2. The van der Waals surface area contributed by atoms with E-state index in [1.807, 2.05) is 103 Å². The molecule has 0 spiro atoms. The van der Waals surface area contributed by atoms with Crippen LogP contribution in [-0.4, -0.2) is 28.7 Å². The van der Waals surface area contributed by atoms with Gasteiger partial charge in [-0.2, -0.15) is 5.10 Å². The highest BCUT2D eigenvalue weighted by molar-refractivity contribution is 9.10. The molecule has 7 heteroatoms. The molecular formula is C34H26BrN3O3. The van der Waals surface area contributed by atoms with E-state index in [1.165, 1.54) is 11.1 Å². The maximum Gasteiger partial charge on any atom is 0.267 e. The molecule has 0 aliphatic carbocycles. The summed E-state index contributed by atoms with van der Waals surface area (Å²) in [6, 6.07) is 32.4. The van der Waals surface area contributed by atoms with E-state index in [9.17, 15) is 9.59 Å². The van der Waals surface area contributed by atoms with Crippen molar-refractivity contribution in [2.24, 2.45) is 5.10 Å². The van der Waals surface area contributed by atoms with E-state index in [4.69, 9.17) is 9.84 Å². The number of hydrogen-bond acceptors (Lipinski definition) is 4. The fourth-order valence-electron chi connectivity index (χ4n) is 5.20. The number of ether oxygens (including phenoxy) is 1. The third-order valence-corrected chi connectivity index (χ3v) is 7.68. The number of hydrazone groups is 1. The summed E-state index contributed by atoms with van der Waals surface area (Å²) in [5, 5.41) is 7.20. The normalized spacial score (nSPS) is 14.9. The Labute approximate surface area is 245 Å². The van der Waals surface area contributed by atoms with E-state index in [0.717, 1.165) is 43.4 Å². The average molecular weight is 605 g/mol. The first-order chi connectivity index (χ1) is 20.0. The van der Waals surface area contributed by atoms with E-state index >= 15 is 0 Å². The number of carbonyl (C=O) groups excluding carboxylic acids is 1. The fourth-order valence-corrected chi connectivity index (χ4v) is 5.56. The molecule has 6 rings (SSSR count). The average Bonchev–Trinajstić information content (AvgIpc) is 3.45. The van der Waals surface area contributed by atoms with Crippen molar-refractivity contribution in [2.75, 3.05) is 7.11 Å². The zero-order valence-corrected chi connectivity index (χ0v) is 23.8. The molecule has 202 valence electrons. The Morgan fingerprint density at radius 2 is 1.66 bits per heavy atom. The van der Waals surface area contributed by atoms with Gasteiger partial charge < -0.3 is 9.72 Å². The van der Waals surface area contributed by atoms with Crippen LogP contribution in [0.25, 0.3) is 28.1 Å². The summed E-state index contributed by atoms with van der Waals surface area (Å²) in [4.78, 5) is 30.4. The smallest absolute Gasteiger partial charge is 0.267 e. The van der Waals surface area contributed by atoms with Crippen LogP contribution in [0.3, 0.4) is 0 Å². The van der Waals surface area contributed by atoms with Gasteiger partial charge in [0.1, 0.15) is 5.75 Å². The molecule has 0 bridgehead atoms. The molecule has 1 aliphatic heterocycles. The Morgan fingerprint density at radius 3 is 2.37 bits per heavy atom. The monoisotopic (exact) mass is 603 g/mol. The zero-order valence-electron chi connectivity index (χ0n) is 22.3.